The Morgan fingerprint density at radius 2 is 2.06 bits per heavy atom. The number of hydrogen-bond donors (Lipinski definition) is 0. The van der Waals surface area contributed by atoms with Crippen molar-refractivity contribution in [2.45, 2.75) is 19.9 Å². The molecule has 0 aliphatic heterocycles. The van der Waals surface area contributed by atoms with E-state index in [1.165, 1.54) is 13.2 Å². The molecule has 0 amide bonds. The Kier molecular flexibility index (Phi) is 5.71. The summed E-state index contributed by atoms with van der Waals surface area (Å²) in [5.74, 6) is -1.98. The summed E-state index contributed by atoms with van der Waals surface area (Å²) in [4.78, 5) is 13.0. The fourth-order valence-electron chi connectivity index (χ4n) is 1.60. The van der Waals surface area contributed by atoms with Crippen molar-refractivity contribution >= 4 is 5.97 Å². The Hall–Kier alpha value is -1.49. The number of nitrogens with zero attached hydrogens (tertiary/aromatic N) is 1. The lowest BCUT2D eigenvalue weighted by molar-refractivity contribution is -0.141. The van der Waals surface area contributed by atoms with Gasteiger partial charge in [0.15, 0.2) is 11.6 Å². The third-order valence-corrected chi connectivity index (χ3v) is 2.70. The van der Waals surface area contributed by atoms with Crippen molar-refractivity contribution in [3.05, 3.63) is 35.4 Å². The molecular formula is C13H17F2NO2. The van der Waals surface area contributed by atoms with Gasteiger partial charge in [0.1, 0.15) is 0 Å². The van der Waals surface area contributed by atoms with Crippen LogP contribution >= 0.6 is 0 Å². The number of methoxy groups -OCH3 is 1. The molecule has 0 atom stereocenters. The molecule has 1 rings (SSSR count). The molecule has 100 valence electrons. The number of carbonyl (C=O) groups excluding carboxylic acids is 1. The lowest BCUT2D eigenvalue weighted by Gasteiger charge is -2.19. The van der Waals surface area contributed by atoms with Gasteiger partial charge in [-0.25, -0.2) is 8.78 Å². The minimum Gasteiger partial charge on any atom is -0.469 e. The van der Waals surface area contributed by atoms with Crippen LogP contribution in [-0.2, 0) is 16.1 Å². The highest BCUT2D eigenvalue weighted by atomic mass is 19.2. The van der Waals surface area contributed by atoms with Crippen LogP contribution in [-0.4, -0.2) is 31.1 Å². The first-order valence-electron chi connectivity index (χ1n) is 5.80. The van der Waals surface area contributed by atoms with Crippen LogP contribution in [0.3, 0.4) is 0 Å². The third kappa shape index (κ3) is 4.41. The number of halogens is 2. The second-order valence-electron chi connectivity index (χ2n) is 3.94. The second-order valence-corrected chi connectivity index (χ2v) is 3.94. The van der Waals surface area contributed by atoms with Gasteiger partial charge in [-0.2, -0.15) is 0 Å². The van der Waals surface area contributed by atoms with Crippen molar-refractivity contribution in [3.8, 4) is 0 Å². The Morgan fingerprint density at radius 3 is 2.61 bits per heavy atom. The minimum atomic E-state index is -0.851. The quantitative estimate of drug-likeness (QED) is 0.733. The van der Waals surface area contributed by atoms with Crippen molar-refractivity contribution in [1.29, 1.82) is 0 Å². The molecule has 0 saturated heterocycles. The predicted molar refractivity (Wildman–Crippen MR) is 63.9 cm³/mol. The summed E-state index contributed by atoms with van der Waals surface area (Å²) in [7, 11) is 1.34. The number of rotatable bonds is 6. The van der Waals surface area contributed by atoms with Gasteiger partial charge in [0, 0.05) is 13.1 Å². The van der Waals surface area contributed by atoms with E-state index in [0.29, 0.717) is 18.7 Å². The van der Waals surface area contributed by atoms with Gasteiger partial charge in [-0.15, -0.1) is 0 Å². The van der Waals surface area contributed by atoms with Gasteiger partial charge in [-0.3, -0.25) is 9.69 Å². The predicted octanol–water partition coefficient (Wildman–Crippen LogP) is 2.35. The normalized spacial score (nSPS) is 10.7. The molecule has 0 saturated carbocycles. The van der Waals surface area contributed by atoms with Gasteiger partial charge in [0.05, 0.1) is 13.5 Å². The lowest BCUT2D eigenvalue weighted by atomic mass is 10.2. The highest BCUT2D eigenvalue weighted by molar-refractivity contribution is 5.69. The van der Waals surface area contributed by atoms with Crippen LogP contribution in [0.15, 0.2) is 18.2 Å². The highest BCUT2D eigenvalue weighted by Crippen LogP contribution is 2.11. The standard InChI is InChI=1S/C13H17F2NO2/c1-3-16(7-6-13(17)18-2)9-10-4-5-11(14)12(15)8-10/h4-5,8H,3,6-7,9H2,1-2H3. The van der Waals surface area contributed by atoms with Crippen LogP contribution in [0.2, 0.25) is 0 Å². The highest BCUT2D eigenvalue weighted by Gasteiger charge is 2.09. The first kappa shape index (κ1) is 14.6. The average molecular weight is 257 g/mol. The topological polar surface area (TPSA) is 29.5 Å². The van der Waals surface area contributed by atoms with Crippen LogP contribution in [0.4, 0.5) is 8.78 Å². The number of esters is 1. The molecule has 1 aromatic rings. The van der Waals surface area contributed by atoms with Crippen molar-refractivity contribution in [2.75, 3.05) is 20.2 Å². The number of ether oxygens (including phenoxy) is 1. The molecule has 0 bridgehead atoms. The fourth-order valence-corrected chi connectivity index (χ4v) is 1.60. The van der Waals surface area contributed by atoms with E-state index >= 15 is 0 Å². The van der Waals surface area contributed by atoms with E-state index in [2.05, 4.69) is 4.74 Å². The van der Waals surface area contributed by atoms with E-state index in [0.717, 1.165) is 12.6 Å². The Balaban J connectivity index is 2.56. The number of carbonyl (C=O) groups is 1. The maximum absolute atomic E-state index is 13.0. The minimum absolute atomic E-state index is 0.279. The molecule has 0 heterocycles. The van der Waals surface area contributed by atoms with Gasteiger partial charge in [-0.05, 0) is 24.2 Å². The molecule has 0 unspecified atom stereocenters. The van der Waals surface area contributed by atoms with Crippen molar-refractivity contribution in [1.82, 2.24) is 4.90 Å². The largest absolute Gasteiger partial charge is 0.469 e. The average Bonchev–Trinajstić information content (AvgIpc) is 2.38. The summed E-state index contributed by atoms with van der Waals surface area (Å²) in [5, 5.41) is 0. The molecule has 0 aliphatic carbocycles. The number of benzene rings is 1. The zero-order valence-corrected chi connectivity index (χ0v) is 10.6. The van der Waals surface area contributed by atoms with Gasteiger partial charge >= 0.3 is 5.97 Å². The Morgan fingerprint density at radius 1 is 1.33 bits per heavy atom. The van der Waals surface area contributed by atoms with E-state index in [9.17, 15) is 13.6 Å². The lowest BCUT2D eigenvalue weighted by Crippen LogP contribution is -2.26. The van der Waals surface area contributed by atoms with E-state index in [1.54, 1.807) is 6.07 Å². The summed E-state index contributed by atoms with van der Waals surface area (Å²) >= 11 is 0. The van der Waals surface area contributed by atoms with Crippen LogP contribution in [0.5, 0.6) is 0 Å². The van der Waals surface area contributed by atoms with E-state index in [-0.39, 0.29) is 12.4 Å². The third-order valence-electron chi connectivity index (χ3n) is 2.70. The van der Waals surface area contributed by atoms with Crippen molar-refractivity contribution in [3.63, 3.8) is 0 Å². The summed E-state index contributed by atoms with van der Waals surface area (Å²) in [5.41, 5.74) is 0.681. The summed E-state index contributed by atoms with van der Waals surface area (Å²) < 4.78 is 30.4. The van der Waals surface area contributed by atoms with Crippen LogP contribution in [0, 0.1) is 11.6 Å². The first-order chi connectivity index (χ1) is 8.56. The van der Waals surface area contributed by atoms with E-state index < -0.39 is 11.6 Å². The zero-order valence-electron chi connectivity index (χ0n) is 10.6. The molecule has 0 aromatic heterocycles. The molecule has 5 heteroatoms. The van der Waals surface area contributed by atoms with Crippen molar-refractivity contribution in [2.24, 2.45) is 0 Å². The second kappa shape index (κ2) is 7.06. The van der Waals surface area contributed by atoms with Crippen LogP contribution in [0.25, 0.3) is 0 Å². The molecule has 0 aliphatic rings. The molecule has 1 aromatic carbocycles. The van der Waals surface area contributed by atoms with Crippen LogP contribution < -0.4 is 0 Å². The van der Waals surface area contributed by atoms with Gasteiger partial charge < -0.3 is 4.74 Å². The molecule has 0 spiro atoms. The monoisotopic (exact) mass is 257 g/mol. The molecule has 18 heavy (non-hydrogen) atoms. The van der Waals surface area contributed by atoms with Gasteiger partial charge in [0.25, 0.3) is 0 Å². The fraction of sp³-hybridized carbons (Fsp3) is 0.462. The number of hydrogen-bond acceptors (Lipinski definition) is 3. The van der Waals surface area contributed by atoms with E-state index in [1.807, 2.05) is 11.8 Å². The summed E-state index contributed by atoms with van der Waals surface area (Å²) in [6.45, 7) is 3.67. The van der Waals surface area contributed by atoms with Crippen molar-refractivity contribution < 1.29 is 18.3 Å². The maximum Gasteiger partial charge on any atom is 0.306 e. The maximum atomic E-state index is 13.0. The molecule has 3 nitrogen and oxygen atoms in total. The molecule has 0 fully saturated rings. The van der Waals surface area contributed by atoms with E-state index in [4.69, 9.17) is 0 Å². The van der Waals surface area contributed by atoms with Gasteiger partial charge in [-0.1, -0.05) is 13.0 Å². The summed E-state index contributed by atoms with van der Waals surface area (Å²) in [6, 6.07) is 3.83. The Labute approximate surface area is 105 Å². The Bertz CT molecular complexity index is 410. The van der Waals surface area contributed by atoms with Gasteiger partial charge in [0.2, 0.25) is 0 Å². The first-order valence-corrected chi connectivity index (χ1v) is 5.80. The smallest absolute Gasteiger partial charge is 0.306 e. The van der Waals surface area contributed by atoms with Crippen LogP contribution in [0.1, 0.15) is 18.9 Å². The molecule has 0 radical (unpaired) electrons. The molecular weight excluding hydrogens is 240 g/mol. The zero-order chi connectivity index (χ0) is 13.5. The SMILES string of the molecule is CCN(CCC(=O)OC)Cc1ccc(F)c(F)c1. The molecule has 0 N–H and O–H groups in total. The summed E-state index contributed by atoms with van der Waals surface area (Å²) in [6.07, 6.45) is 0.286.